The van der Waals surface area contributed by atoms with Gasteiger partial charge in [-0.2, -0.15) is 19.2 Å². The zero-order chi connectivity index (χ0) is 28.7. The average Bonchev–Trinajstić information content (AvgIpc) is 3.58. The van der Waals surface area contributed by atoms with Crippen LogP contribution in [-0.4, -0.2) is 61.2 Å². The minimum absolute atomic E-state index is 0.181. The quantitative estimate of drug-likeness (QED) is 0.321. The number of nitrogens with zero attached hydrogens (tertiary/aromatic N) is 7. The van der Waals surface area contributed by atoms with E-state index < -0.39 is 15.9 Å². The first-order valence-corrected chi connectivity index (χ1v) is 14.9. The molecule has 0 saturated carbocycles. The van der Waals surface area contributed by atoms with Crippen molar-refractivity contribution in [2.45, 2.75) is 44.9 Å². The van der Waals surface area contributed by atoms with E-state index in [2.05, 4.69) is 38.5 Å². The second kappa shape index (κ2) is 10.5. The number of amides is 1. The summed E-state index contributed by atoms with van der Waals surface area (Å²) >= 11 is 0. The zero-order valence-electron chi connectivity index (χ0n) is 23.1. The number of rotatable bonds is 6. The number of fused-ring (bicyclic) bond motifs is 1. The maximum Gasteiger partial charge on any atom is 0.256 e. The van der Waals surface area contributed by atoms with Crippen LogP contribution in [0.4, 0.5) is 5.82 Å². The van der Waals surface area contributed by atoms with E-state index in [0.717, 1.165) is 30.5 Å². The molecule has 11 nitrogen and oxygen atoms in total. The Balaban J connectivity index is 1.28. The minimum Gasteiger partial charge on any atom is -0.306 e. The van der Waals surface area contributed by atoms with Gasteiger partial charge in [0.25, 0.3) is 5.91 Å². The van der Waals surface area contributed by atoms with Crippen molar-refractivity contribution in [1.82, 2.24) is 33.8 Å². The van der Waals surface area contributed by atoms with Gasteiger partial charge in [-0.3, -0.25) is 4.79 Å². The summed E-state index contributed by atoms with van der Waals surface area (Å²) < 4.78 is 30.8. The topological polar surface area (TPSA) is 128 Å². The number of benzene rings is 2. The first kappa shape index (κ1) is 26.8. The fraction of sp³-hybridized carbons (Fsp3) is 0.276. The van der Waals surface area contributed by atoms with Crippen LogP contribution in [0, 0.1) is 20.8 Å². The third-order valence-corrected chi connectivity index (χ3v) is 9.34. The zero-order valence-corrected chi connectivity index (χ0v) is 23.9. The smallest absolute Gasteiger partial charge is 0.256 e. The molecule has 0 unspecified atom stereocenters. The summed E-state index contributed by atoms with van der Waals surface area (Å²) in [4.78, 5) is 22.3. The molecule has 6 rings (SSSR count). The minimum atomic E-state index is -3.58. The summed E-state index contributed by atoms with van der Waals surface area (Å²) in [6, 6.07) is 13.8. The fourth-order valence-corrected chi connectivity index (χ4v) is 6.53. The molecule has 0 bridgehead atoms. The average molecular weight is 571 g/mol. The molecule has 3 aromatic heterocycles. The van der Waals surface area contributed by atoms with Crippen molar-refractivity contribution in [2.24, 2.45) is 0 Å². The van der Waals surface area contributed by atoms with Gasteiger partial charge in [0.15, 0.2) is 11.5 Å². The third-order valence-electron chi connectivity index (χ3n) is 7.42. The predicted octanol–water partition coefficient (Wildman–Crippen LogP) is 4.35. The van der Waals surface area contributed by atoms with Gasteiger partial charge < -0.3 is 5.32 Å². The van der Waals surface area contributed by atoms with Gasteiger partial charge in [0.1, 0.15) is 12.1 Å². The van der Waals surface area contributed by atoms with Crippen LogP contribution in [0.3, 0.4) is 0 Å². The maximum absolute atomic E-state index is 13.2. The van der Waals surface area contributed by atoms with E-state index in [1.54, 1.807) is 21.6 Å². The highest BCUT2D eigenvalue weighted by Crippen LogP contribution is 2.26. The summed E-state index contributed by atoms with van der Waals surface area (Å²) in [7, 11) is -3.58. The van der Waals surface area contributed by atoms with Crippen LogP contribution in [0.5, 0.6) is 0 Å². The van der Waals surface area contributed by atoms with Gasteiger partial charge in [0, 0.05) is 24.7 Å². The molecule has 1 amide bonds. The Labute approximate surface area is 237 Å². The van der Waals surface area contributed by atoms with E-state index in [-0.39, 0.29) is 4.90 Å². The monoisotopic (exact) mass is 570 g/mol. The van der Waals surface area contributed by atoms with Gasteiger partial charge in [0.2, 0.25) is 10.0 Å². The number of hydrogen-bond donors (Lipinski definition) is 1. The Morgan fingerprint density at radius 3 is 2.37 bits per heavy atom. The molecule has 0 radical (unpaired) electrons. The number of carbonyl (C=O) groups excluding carboxylic acids is 1. The lowest BCUT2D eigenvalue weighted by atomic mass is 10.1. The van der Waals surface area contributed by atoms with Crippen molar-refractivity contribution in [3.8, 4) is 11.5 Å². The molecular weight excluding hydrogens is 540 g/mol. The number of sulfonamides is 1. The van der Waals surface area contributed by atoms with Crippen molar-refractivity contribution >= 4 is 32.8 Å². The summed E-state index contributed by atoms with van der Waals surface area (Å²) in [6.45, 7) is 6.97. The number of carbonyl (C=O) groups is 1. The molecule has 4 heterocycles. The lowest BCUT2D eigenvalue weighted by Crippen LogP contribution is -2.35. The highest BCUT2D eigenvalue weighted by atomic mass is 32.2. The van der Waals surface area contributed by atoms with Gasteiger partial charge >= 0.3 is 0 Å². The number of nitrogens with one attached hydrogen (secondary N) is 1. The van der Waals surface area contributed by atoms with Gasteiger partial charge in [0.05, 0.1) is 27.9 Å². The molecule has 1 fully saturated rings. The Morgan fingerprint density at radius 2 is 1.63 bits per heavy atom. The van der Waals surface area contributed by atoms with E-state index in [9.17, 15) is 13.2 Å². The SMILES string of the molecule is Cc1cc(NC(=O)c2ccc(S(=O)(=O)N3CCCCC3)cc2)n(-c2ncnc3c2cnn3-c2ccc(C)c(C)c2)n1. The van der Waals surface area contributed by atoms with Crippen molar-refractivity contribution < 1.29 is 13.2 Å². The molecule has 1 N–H and O–H groups in total. The summed E-state index contributed by atoms with van der Waals surface area (Å²) in [5, 5.41) is 12.7. The fourth-order valence-electron chi connectivity index (χ4n) is 5.02. The molecule has 0 aliphatic carbocycles. The molecule has 12 heteroatoms. The molecule has 0 atom stereocenters. The molecule has 1 aliphatic rings. The molecule has 210 valence electrons. The first-order chi connectivity index (χ1) is 19.7. The maximum atomic E-state index is 13.2. The van der Waals surface area contributed by atoms with Crippen LogP contribution in [-0.2, 0) is 10.0 Å². The lowest BCUT2D eigenvalue weighted by Gasteiger charge is -2.25. The summed E-state index contributed by atoms with van der Waals surface area (Å²) in [5.74, 6) is 0.483. The Hall–Kier alpha value is -4.42. The molecule has 2 aromatic carbocycles. The molecular formula is C29H30N8O3S. The van der Waals surface area contributed by atoms with Gasteiger partial charge in [-0.05, 0) is 81.1 Å². The van der Waals surface area contributed by atoms with E-state index in [0.29, 0.717) is 47.0 Å². The Morgan fingerprint density at radius 1 is 0.878 bits per heavy atom. The number of anilines is 1. The van der Waals surface area contributed by atoms with Crippen LogP contribution < -0.4 is 5.32 Å². The number of aryl methyl sites for hydroxylation is 3. The van der Waals surface area contributed by atoms with Crippen molar-refractivity contribution in [2.75, 3.05) is 18.4 Å². The van der Waals surface area contributed by atoms with E-state index in [1.807, 2.05) is 26.0 Å². The van der Waals surface area contributed by atoms with Crippen LogP contribution in [0.1, 0.15) is 46.4 Å². The number of piperidine rings is 1. The van der Waals surface area contributed by atoms with Gasteiger partial charge in [-0.15, -0.1) is 0 Å². The van der Waals surface area contributed by atoms with Crippen LogP contribution >= 0.6 is 0 Å². The van der Waals surface area contributed by atoms with Crippen LogP contribution in [0.2, 0.25) is 0 Å². The van der Waals surface area contributed by atoms with Crippen LogP contribution in [0.25, 0.3) is 22.5 Å². The second-order valence-electron chi connectivity index (χ2n) is 10.3. The number of hydrogen-bond acceptors (Lipinski definition) is 7. The van der Waals surface area contributed by atoms with Gasteiger partial charge in [-0.25, -0.2) is 23.1 Å². The van der Waals surface area contributed by atoms with Crippen molar-refractivity contribution in [3.05, 3.63) is 83.4 Å². The largest absolute Gasteiger partial charge is 0.306 e. The van der Waals surface area contributed by atoms with Crippen molar-refractivity contribution in [3.63, 3.8) is 0 Å². The molecule has 0 spiro atoms. The van der Waals surface area contributed by atoms with Crippen molar-refractivity contribution in [1.29, 1.82) is 0 Å². The highest BCUT2D eigenvalue weighted by molar-refractivity contribution is 7.89. The molecule has 1 saturated heterocycles. The lowest BCUT2D eigenvalue weighted by molar-refractivity contribution is 0.102. The third kappa shape index (κ3) is 5.00. The summed E-state index contributed by atoms with van der Waals surface area (Å²) in [6.07, 6.45) is 5.89. The Bertz CT molecular complexity index is 1870. The predicted molar refractivity (Wildman–Crippen MR) is 155 cm³/mol. The first-order valence-electron chi connectivity index (χ1n) is 13.5. The van der Waals surface area contributed by atoms with E-state index in [1.165, 1.54) is 40.5 Å². The molecule has 1 aliphatic heterocycles. The van der Waals surface area contributed by atoms with Crippen LogP contribution in [0.15, 0.2) is 66.0 Å². The van der Waals surface area contributed by atoms with E-state index >= 15 is 0 Å². The normalized spacial score (nSPS) is 14.4. The molecule has 5 aromatic rings. The van der Waals surface area contributed by atoms with E-state index in [4.69, 9.17) is 0 Å². The van der Waals surface area contributed by atoms with Gasteiger partial charge in [-0.1, -0.05) is 12.5 Å². The Kier molecular flexibility index (Phi) is 6.88. The number of aromatic nitrogens is 6. The summed E-state index contributed by atoms with van der Waals surface area (Å²) in [5.41, 5.74) is 4.81. The highest BCUT2D eigenvalue weighted by Gasteiger charge is 2.26. The standard InChI is InChI=1S/C29H30N8O3S/c1-19-7-10-23(15-20(19)2)36-27-25(17-32-36)28(31-18-30-27)37-26(16-21(3)34-37)33-29(38)22-8-11-24(12-9-22)41(39,40)35-13-5-4-6-14-35/h7-12,15-18H,4-6,13-14H2,1-3H3,(H,33,38). The molecule has 41 heavy (non-hydrogen) atoms. The second-order valence-corrected chi connectivity index (χ2v) is 12.2.